The van der Waals surface area contributed by atoms with Crippen LogP contribution in [0.4, 0.5) is 13.2 Å². The zero-order valence-corrected chi connectivity index (χ0v) is 13.1. The molecule has 2 aliphatic rings. The van der Waals surface area contributed by atoms with Crippen molar-refractivity contribution in [3.05, 3.63) is 0 Å². The molecule has 2 N–H and O–H groups in total. The second kappa shape index (κ2) is 7.09. The van der Waals surface area contributed by atoms with E-state index in [1.165, 1.54) is 0 Å². The minimum Gasteiger partial charge on any atom is -0.480 e. The van der Waals surface area contributed by atoms with Crippen LogP contribution in [0.3, 0.4) is 0 Å². The number of carbonyl (C=O) groups excluding carboxylic acids is 1. The maximum absolute atomic E-state index is 12.9. The molecule has 1 amide bonds. The number of amides is 1. The zero-order valence-electron chi connectivity index (χ0n) is 13.1. The number of nitrogens with one attached hydrogen (secondary N) is 1. The number of carboxylic acid groups (broad SMARTS) is 1. The van der Waals surface area contributed by atoms with Crippen LogP contribution in [0.2, 0.25) is 0 Å². The van der Waals surface area contributed by atoms with Crippen LogP contribution >= 0.6 is 0 Å². The van der Waals surface area contributed by atoms with Crippen LogP contribution in [-0.4, -0.2) is 28.7 Å². The van der Waals surface area contributed by atoms with Crippen molar-refractivity contribution in [1.29, 1.82) is 0 Å². The molecule has 4 nitrogen and oxygen atoms in total. The lowest BCUT2D eigenvalue weighted by molar-refractivity contribution is -0.186. The third-order valence-electron chi connectivity index (χ3n) is 5.24. The molecule has 0 aromatic carbocycles. The molecule has 2 saturated carbocycles. The zero-order chi connectivity index (χ0) is 17.1. The van der Waals surface area contributed by atoms with Crippen LogP contribution in [0, 0.1) is 11.8 Å². The van der Waals surface area contributed by atoms with Crippen molar-refractivity contribution in [2.75, 3.05) is 0 Å². The molecular weight excluding hydrogens is 311 g/mol. The summed E-state index contributed by atoms with van der Waals surface area (Å²) in [5, 5.41) is 12.2. The first kappa shape index (κ1) is 18.1. The minimum atomic E-state index is -4.29. The fraction of sp³-hybridized carbons (Fsp3) is 0.875. The van der Waals surface area contributed by atoms with Gasteiger partial charge in [0.1, 0.15) is 5.54 Å². The smallest absolute Gasteiger partial charge is 0.391 e. The Bertz CT molecular complexity index is 442. The Morgan fingerprint density at radius 2 is 1.61 bits per heavy atom. The SMILES string of the molecule is O=C(NC1(C(=O)O)CCCCCC1)C1CCCC(C(F)(F)F)C1. The van der Waals surface area contributed by atoms with Gasteiger partial charge in [-0.05, 0) is 32.1 Å². The largest absolute Gasteiger partial charge is 0.480 e. The Kier molecular flexibility index (Phi) is 5.57. The summed E-state index contributed by atoms with van der Waals surface area (Å²) in [7, 11) is 0. The van der Waals surface area contributed by atoms with Crippen molar-refractivity contribution in [1.82, 2.24) is 5.32 Å². The summed E-state index contributed by atoms with van der Waals surface area (Å²) in [6.45, 7) is 0. The summed E-state index contributed by atoms with van der Waals surface area (Å²) in [4.78, 5) is 24.1. The van der Waals surface area contributed by atoms with Gasteiger partial charge in [-0.25, -0.2) is 4.79 Å². The highest BCUT2D eigenvalue weighted by Gasteiger charge is 2.46. The number of hydrogen-bond acceptors (Lipinski definition) is 2. The minimum absolute atomic E-state index is 0.0529. The molecular formula is C16H24F3NO3. The average molecular weight is 335 g/mol. The van der Waals surface area contributed by atoms with Gasteiger partial charge in [0.25, 0.3) is 0 Å². The Morgan fingerprint density at radius 3 is 2.13 bits per heavy atom. The van der Waals surface area contributed by atoms with E-state index in [1.807, 2.05) is 0 Å². The molecule has 132 valence electrons. The summed E-state index contributed by atoms with van der Waals surface area (Å²) in [5.41, 5.74) is -1.31. The highest BCUT2D eigenvalue weighted by atomic mass is 19.4. The summed E-state index contributed by atoms with van der Waals surface area (Å²) < 4.78 is 38.6. The van der Waals surface area contributed by atoms with E-state index in [9.17, 15) is 27.9 Å². The van der Waals surface area contributed by atoms with Crippen LogP contribution in [-0.2, 0) is 9.59 Å². The summed E-state index contributed by atoms with van der Waals surface area (Å²) in [5.74, 6) is -3.80. The molecule has 2 unspecified atom stereocenters. The van der Waals surface area contributed by atoms with Crippen LogP contribution in [0.15, 0.2) is 0 Å². The number of carbonyl (C=O) groups is 2. The van der Waals surface area contributed by atoms with E-state index in [4.69, 9.17) is 0 Å². The monoisotopic (exact) mass is 335 g/mol. The standard InChI is InChI=1S/C16H24F3NO3/c17-16(18,19)12-7-5-6-11(10-12)13(21)20-15(14(22)23)8-3-1-2-4-9-15/h11-12H,1-10H2,(H,20,21)(H,22,23). The highest BCUT2D eigenvalue weighted by molar-refractivity contribution is 5.88. The molecule has 0 aromatic heterocycles. The van der Waals surface area contributed by atoms with Crippen LogP contribution < -0.4 is 5.32 Å². The van der Waals surface area contributed by atoms with Gasteiger partial charge < -0.3 is 10.4 Å². The number of alkyl halides is 3. The first-order valence-electron chi connectivity index (χ1n) is 8.37. The fourth-order valence-electron chi connectivity index (χ4n) is 3.79. The van der Waals surface area contributed by atoms with Crippen molar-refractivity contribution in [2.24, 2.45) is 11.8 Å². The lowest BCUT2D eigenvalue weighted by Crippen LogP contribution is -2.56. The molecule has 2 aliphatic carbocycles. The molecule has 0 heterocycles. The Hall–Kier alpha value is -1.27. The Balaban J connectivity index is 2.05. The number of carboxylic acids is 1. The Morgan fingerprint density at radius 1 is 1.00 bits per heavy atom. The van der Waals surface area contributed by atoms with Crippen molar-refractivity contribution in [3.8, 4) is 0 Å². The van der Waals surface area contributed by atoms with Crippen molar-refractivity contribution in [3.63, 3.8) is 0 Å². The quantitative estimate of drug-likeness (QED) is 0.774. The van der Waals surface area contributed by atoms with E-state index < -0.39 is 35.4 Å². The molecule has 0 bridgehead atoms. The van der Waals surface area contributed by atoms with E-state index >= 15 is 0 Å². The van der Waals surface area contributed by atoms with E-state index in [2.05, 4.69) is 5.32 Å². The second-order valence-corrected chi connectivity index (χ2v) is 6.89. The van der Waals surface area contributed by atoms with Crippen LogP contribution in [0.5, 0.6) is 0 Å². The predicted molar refractivity (Wildman–Crippen MR) is 77.7 cm³/mol. The van der Waals surface area contributed by atoms with Gasteiger partial charge in [-0.15, -0.1) is 0 Å². The highest BCUT2D eigenvalue weighted by Crippen LogP contribution is 2.40. The van der Waals surface area contributed by atoms with E-state index in [-0.39, 0.29) is 12.8 Å². The summed E-state index contributed by atoms with van der Waals surface area (Å²) in [6.07, 6.45) is 0.247. The maximum atomic E-state index is 12.9. The van der Waals surface area contributed by atoms with E-state index in [1.54, 1.807) is 0 Å². The topological polar surface area (TPSA) is 66.4 Å². The molecule has 7 heteroatoms. The molecule has 0 aliphatic heterocycles. The van der Waals surface area contributed by atoms with Crippen LogP contribution in [0.25, 0.3) is 0 Å². The summed E-state index contributed by atoms with van der Waals surface area (Å²) in [6, 6.07) is 0. The predicted octanol–water partition coefficient (Wildman–Crippen LogP) is 3.65. The molecule has 2 atom stereocenters. The van der Waals surface area contributed by atoms with Gasteiger partial charge in [0.15, 0.2) is 0 Å². The molecule has 0 aromatic rings. The lowest BCUT2D eigenvalue weighted by atomic mass is 9.79. The van der Waals surface area contributed by atoms with Gasteiger partial charge in [0.05, 0.1) is 5.92 Å². The van der Waals surface area contributed by atoms with Gasteiger partial charge in [-0.3, -0.25) is 4.79 Å². The van der Waals surface area contributed by atoms with Crippen molar-refractivity contribution in [2.45, 2.75) is 75.9 Å². The first-order valence-corrected chi connectivity index (χ1v) is 8.37. The van der Waals surface area contributed by atoms with Gasteiger partial charge in [-0.2, -0.15) is 13.2 Å². The van der Waals surface area contributed by atoms with Gasteiger partial charge in [0, 0.05) is 5.92 Å². The van der Waals surface area contributed by atoms with Gasteiger partial charge in [0.2, 0.25) is 5.91 Å². The second-order valence-electron chi connectivity index (χ2n) is 6.89. The van der Waals surface area contributed by atoms with Crippen molar-refractivity contribution < 1.29 is 27.9 Å². The van der Waals surface area contributed by atoms with Gasteiger partial charge in [-0.1, -0.05) is 32.1 Å². The fourth-order valence-corrected chi connectivity index (χ4v) is 3.79. The molecule has 2 fully saturated rings. The number of rotatable bonds is 3. The molecule has 23 heavy (non-hydrogen) atoms. The van der Waals surface area contributed by atoms with E-state index in [0.717, 1.165) is 12.8 Å². The van der Waals surface area contributed by atoms with Crippen molar-refractivity contribution >= 4 is 11.9 Å². The number of aliphatic carboxylic acids is 1. The third-order valence-corrected chi connectivity index (χ3v) is 5.24. The lowest BCUT2D eigenvalue weighted by Gasteiger charge is -2.34. The molecule has 0 radical (unpaired) electrons. The summed E-state index contributed by atoms with van der Waals surface area (Å²) >= 11 is 0. The number of hydrogen-bond donors (Lipinski definition) is 2. The first-order chi connectivity index (χ1) is 10.7. The molecule has 0 spiro atoms. The van der Waals surface area contributed by atoms with E-state index in [0.29, 0.717) is 38.5 Å². The van der Waals surface area contributed by atoms with Gasteiger partial charge >= 0.3 is 12.1 Å². The Labute approximate surface area is 133 Å². The normalized spacial score (nSPS) is 28.7. The average Bonchev–Trinajstić information content (AvgIpc) is 2.73. The molecule has 2 rings (SSSR count). The van der Waals surface area contributed by atoms with Crippen LogP contribution in [0.1, 0.15) is 64.2 Å². The maximum Gasteiger partial charge on any atom is 0.391 e. The number of halogens is 3. The molecule has 0 saturated heterocycles. The third kappa shape index (κ3) is 4.38.